The number of hydrogen-bond donors (Lipinski definition) is 2. The fraction of sp³-hybridized carbons (Fsp3) is 0.400. The molecule has 0 spiro atoms. The third-order valence-corrected chi connectivity index (χ3v) is 3.65. The molecule has 0 radical (unpaired) electrons. The van der Waals surface area contributed by atoms with Crippen molar-refractivity contribution in [1.29, 1.82) is 0 Å². The molecule has 18 heavy (non-hydrogen) atoms. The van der Waals surface area contributed by atoms with Gasteiger partial charge in [-0.05, 0) is 12.1 Å². The summed E-state index contributed by atoms with van der Waals surface area (Å²) in [5, 5.41) is 8.92. The van der Waals surface area contributed by atoms with Gasteiger partial charge in [0.15, 0.2) is 0 Å². The highest BCUT2D eigenvalue weighted by Gasteiger charge is 2.23. The zero-order valence-corrected chi connectivity index (χ0v) is 10.4. The van der Waals surface area contributed by atoms with E-state index in [4.69, 9.17) is 5.11 Å². The highest BCUT2D eigenvalue weighted by atomic mass is 32.2. The Morgan fingerprint density at radius 1 is 1.44 bits per heavy atom. The van der Waals surface area contributed by atoms with E-state index in [1.165, 1.54) is 7.11 Å². The first kappa shape index (κ1) is 15.0. The van der Waals surface area contributed by atoms with E-state index in [1.807, 2.05) is 0 Å². The lowest BCUT2D eigenvalue weighted by Crippen LogP contribution is -2.40. The Morgan fingerprint density at radius 3 is 2.61 bits per heavy atom. The number of hydrogen-bond acceptors (Lipinski definition) is 4. The van der Waals surface area contributed by atoms with Crippen LogP contribution >= 0.6 is 0 Å². The van der Waals surface area contributed by atoms with Crippen LogP contribution in [0.1, 0.15) is 0 Å². The lowest BCUT2D eigenvalue weighted by Gasteiger charge is -2.15. The molecular weight excluding hydrogens is 268 g/mol. The van der Waals surface area contributed by atoms with Crippen molar-refractivity contribution in [3.63, 3.8) is 0 Å². The van der Waals surface area contributed by atoms with Gasteiger partial charge in [-0.25, -0.2) is 21.9 Å². The van der Waals surface area contributed by atoms with Gasteiger partial charge in [0.05, 0.1) is 19.3 Å². The van der Waals surface area contributed by atoms with E-state index in [9.17, 15) is 17.2 Å². The Morgan fingerprint density at radius 2 is 2.11 bits per heavy atom. The number of rotatable bonds is 6. The second kappa shape index (κ2) is 6.19. The number of benzene rings is 1. The lowest BCUT2D eigenvalue weighted by atomic mass is 10.3. The van der Waals surface area contributed by atoms with Crippen molar-refractivity contribution in [3.05, 3.63) is 29.8 Å². The Labute approximate surface area is 103 Å². The molecule has 0 saturated heterocycles. The number of nitrogens with one attached hydrogen (secondary N) is 1. The van der Waals surface area contributed by atoms with Crippen LogP contribution < -0.4 is 4.72 Å². The molecule has 8 heteroatoms. The maximum atomic E-state index is 13.3. The van der Waals surface area contributed by atoms with Gasteiger partial charge in [-0.15, -0.1) is 0 Å². The molecule has 0 aliphatic rings. The fourth-order valence-electron chi connectivity index (χ4n) is 1.30. The third-order valence-electron chi connectivity index (χ3n) is 2.09. The van der Waals surface area contributed by atoms with E-state index in [1.54, 1.807) is 0 Å². The van der Waals surface area contributed by atoms with Crippen molar-refractivity contribution in [1.82, 2.24) is 4.72 Å². The first-order valence-corrected chi connectivity index (χ1v) is 6.46. The molecule has 1 atom stereocenters. The number of sulfonamides is 1. The zero-order chi connectivity index (χ0) is 13.8. The molecule has 1 unspecified atom stereocenters. The topological polar surface area (TPSA) is 75.6 Å². The summed E-state index contributed by atoms with van der Waals surface area (Å²) in [4.78, 5) is -0.682. The molecule has 2 N–H and O–H groups in total. The largest absolute Gasteiger partial charge is 0.395 e. The molecule has 0 bridgehead atoms. The highest BCUT2D eigenvalue weighted by Crippen LogP contribution is 2.15. The van der Waals surface area contributed by atoms with Crippen molar-refractivity contribution in [2.24, 2.45) is 0 Å². The summed E-state index contributed by atoms with van der Waals surface area (Å²) in [7, 11) is -2.84. The molecule has 102 valence electrons. The van der Waals surface area contributed by atoms with Crippen LogP contribution in [-0.2, 0) is 14.8 Å². The molecule has 0 aromatic heterocycles. The molecule has 0 fully saturated rings. The second-order valence-corrected chi connectivity index (χ2v) is 5.21. The predicted octanol–water partition coefficient (Wildman–Crippen LogP) is 0.250. The normalized spacial score (nSPS) is 13.6. The van der Waals surface area contributed by atoms with Gasteiger partial charge in [0.25, 0.3) is 0 Å². The number of halogens is 2. The van der Waals surface area contributed by atoms with Crippen LogP contribution in [0.25, 0.3) is 0 Å². The van der Waals surface area contributed by atoms with Gasteiger partial charge in [0.1, 0.15) is 16.5 Å². The molecule has 0 aliphatic heterocycles. The van der Waals surface area contributed by atoms with E-state index in [2.05, 4.69) is 9.46 Å². The van der Waals surface area contributed by atoms with Gasteiger partial charge in [0, 0.05) is 13.2 Å². The van der Waals surface area contributed by atoms with Gasteiger partial charge in [0.2, 0.25) is 10.0 Å². The molecule has 0 amide bonds. The smallest absolute Gasteiger partial charge is 0.243 e. The fourth-order valence-corrected chi connectivity index (χ4v) is 2.57. The second-order valence-electron chi connectivity index (χ2n) is 3.53. The molecule has 5 nitrogen and oxygen atoms in total. The van der Waals surface area contributed by atoms with Crippen LogP contribution in [0, 0.1) is 11.6 Å². The summed E-state index contributed by atoms with van der Waals surface area (Å²) in [6.45, 7) is -0.575. The van der Waals surface area contributed by atoms with Crippen molar-refractivity contribution < 1.29 is 27.0 Å². The molecular formula is C10H13F2NO4S. The maximum Gasteiger partial charge on any atom is 0.243 e. The summed E-state index contributed by atoms with van der Waals surface area (Å²) < 4.78 is 56.3. The first-order chi connectivity index (χ1) is 8.40. The number of aliphatic hydroxyl groups is 1. The van der Waals surface area contributed by atoms with E-state index < -0.39 is 39.2 Å². The highest BCUT2D eigenvalue weighted by molar-refractivity contribution is 7.89. The maximum absolute atomic E-state index is 13.3. The van der Waals surface area contributed by atoms with Crippen LogP contribution in [0.5, 0.6) is 0 Å². The standard InChI is InChI=1S/C10H13F2NO4S/c1-17-6-8(5-14)13-18(15,16)10-3-2-7(11)4-9(10)12/h2-4,8,13-14H,5-6H2,1H3. The molecule has 1 aromatic carbocycles. The first-order valence-electron chi connectivity index (χ1n) is 4.98. The number of ether oxygens (including phenoxy) is 1. The third kappa shape index (κ3) is 3.70. The van der Waals surface area contributed by atoms with E-state index in [0.29, 0.717) is 6.07 Å². The van der Waals surface area contributed by atoms with Crippen LogP contribution in [0.2, 0.25) is 0 Å². The van der Waals surface area contributed by atoms with Crippen molar-refractivity contribution in [2.75, 3.05) is 20.3 Å². The summed E-state index contributed by atoms with van der Waals surface area (Å²) in [6, 6.07) is 1.22. The Bertz CT molecular complexity index is 507. The van der Waals surface area contributed by atoms with Gasteiger partial charge in [-0.3, -0.25) is 0 Å². The average Bonchev–Trinajstić information content (AvgIpc) is 2.27. The Kier molecular flexibility index (Phi) is 5.15. The minimum atomic E-state index is -4.17. The van der Waals surface area contributed by atoms with Crippen LogP contribution in [0.4, 0.5) is 8.78 Å². The predicted molar refractivity (Wildman–Crippen MR) is 59.4 cm³/mol. The SMILES string of the molecule is COCC(CO)NS(=O)(=O)c1ccc(F)cc1F. The van der Waals surface area contributed by atoms with Gasteiger partial charge < -0.3 is 9.84 Å². The number of methoxy groups -OCH3 is 1. The van der Waals surface area contributed by atoms with Crippen molar-refractivity contribution in [3.8, 4) is 0 Å². The van der Waals surface area contributed by atoms with Crippen LogP contribution in [0.3, 0.4) is 0 Å². The average molecular weight is 281 g/mol. The monoisotopic (exact) mass is 281 g/mol. The van der Waals surface area contributed by atoms with E-state index in [-0.39, 0.29) is 6.61 Å². The van der Waals surface area contributed by atoms with Gasteiger partial charge in [-0.1, -0.05) is 0 Å². The van der Waals surface area contributed by atoms with Gasteiger partial charge >= 0.3 is 0 Å². The summed E-state index contributed by atoms with van der Waals surface area (Å²) >= 11 is 0. The minimum absolute atomic E-state index is 0.0709. The molecule has 0 saturated carbocycles. The van der Waals surface area contributed by atoms with Gasteiger partial charge in [-0.2, -0.15) is 0 Å². The molecule has 1 rings (SSSR count). The molecule has 1 aromatic rings. The minimum Gasteiger partial charge on any atom is -0.395 e. The van der Waals surface area contributed by atoms with E-state index >= 15 is 0 Å². The lowest BCUT2D eigenvalue weighted by molar-refractivity contribution is 0.139. The molecule has 0 heterocycles. The summed E-state index contributed by atoms with van der Waals surface area (Å²) in [5.74, 6) is -2.07. The van der Waals surface area contributed by atoms with Crippen LogP contribution in [0.15, 0.2) is 23.1 Å². The Hall–Kier alpha value is -1.09. The number of aliphatic hydroxyl groups excluding tert-OH is 1. The zero-order valence-electron chi connectivity index (χ0n) is 9.56. The molecule has 0 aliphatic carbocycles. The Balaban J connectivity index is 2.99. The quantitative estimate of drug-likeness (QED) is 0.784. The summed E-state index contributed by atoms with van der Waals surface area (Å²) in [5.41, 5.74) is 0. The van der Waals surface area contributed by atoms with Crippen molar-refractivity contribution in [2.45, 2.75) is 10.9 Å². The van der Waals surface area contributed by atoms with Crippen LogP contribution in [-0.4, -0.2) is 39.9 Å². The summed E-state index contributed by atoms with van der Waals surface area (Å²) in [6.07, 6.45) is 0. The van der Waals surface area contributed by atoms with Crippen molar-refractivity contribution >= 4 is 10.0 Å². The van der Waals surface area contributed by atoms with E-state index in [0.717, 1.165) is 12.1 Å².